The van der Waals surface area contributed by atoms with Crippen LogP contribution < -0.4 is 0 Å². The fourth-order valence-corrected chi connectivity index (χ4v) is 5.91. The van der Waals surface area contributed by atoms with Crippen molar-refractivity contribution in [1.82, 2.24) is 14.7 Å². The van der Waals surface area contributed by atoms with Gasteiger partial charge in [0.1, 0.15) is 5.75 Å². The molecule has 0 spiro atoms. The van der Waals surface area contributed by atoms with E-state index in [0.717, 1.165) is 70.6 Å². The van der Waals surface area contributed by atoms with Gasteiger partial charge >= 0.3 is 0 Å². The molecular weight excluding hydrogens is 450 g/mol. The monoisotopic (exact) mass is 495 g/mol. The highest BCUT2D eigenvalue weighted by Gasteiger charge is 2.26. The van der Waals surface area contributed by atoms with Crippen molar-refractivity contribution < 1.29 is 15.3 Å². The number of fused-ring (bicyclic) bond motifs is 1. The van der Waals surface area contributed by atoms with Gasteiger partial charge in [0.25, 0.3) is 0 Å². The third-order valence-electron chi connectivity index (χ3n) is 8.05. The Kier molecular flexibility index (Phi) is 9.90. The third-order valence-corrected chi connectivity index (χ3v) is 8.05. The molecule has 4 rings (SSSR count). The highest BCUT2D eigenvalue weighted by molar-refractivity contribution is 5.50. The van der Waals surface area contributed by atoms with E-state index in [9.17, 15) is 15.3 Å². The van der Waals surface area contributed by atoms with Crippen molar-refractivity contribution in [3.8, 4) is 17.2 Å². The number of piperazine rings is 1. The maximum absolute atomic E-state index is 10.2. The molecule has 2 aliphatic rings. The topological polar surface area (TPSA) is 70.4 Å². The first-order valence-electron chi connectivity index (χ1n) is 14.0. The number of nitrogens with zero attached hydrogens (tertiary/aromatic N) is 3. The predicted octanol–water partition coefficient (Wildman–Crippen LogP) is 4.75. The zero-order chi connectivity index (χ0) is 25.3. The van der Waals surface area contributed by atoms with E-state index in [1.54, 1.807) is 18.2 Å². The zero-order valence-electron chi connectivity index (χ0n) is 22.0. The molecule has 6 heteroatoms. The van der Waals surface area contributed by atoms with Gasteiger partial charge in [0.2, 0.25) is 0 Å². The molecule has 2 aromatic carbocycles. The van der Waals surface area contributed by atoms with Crippen molar-refractivity contribution in [3.05, 3.63) is 53.1 Å². The fraction of sp³-hybridized carbons (Fsp3) is 0.600. The molecule has 36 heavy (non-hydrogen) atoms. The summed E-state index contributed by atoms with van der Waals surface area (Å²) in [6.45, 7) is 11.3. The van der Waals surface area contributed by atoms with Gasteiger partial charge < -0.3 is 25.1 Å². The standard InChI is InChI=1S/C30H45N3O3/c1-2-15-33(26-10-13-28-25(22-26)9-14-29(35)30(28)36)17-6-4-3-5-16-31-18-20-32(21-19-31)23-24-7-11-27(34)12-8-24/h7-9,11-12,14,26,34-36H,2-6,10,13,15-23H2,1H3. The van der Waals surface area contributed by atoms with E-state index in [4.69, 9.17) is 0 Å². The number of rotatable bonds is 12. The molecule has 1 aliphatic carbocycles. The first kappa shape index (κ1) is 26.8. The zero-order valence-corrected chi connectivity index (χ0v) is 22.0. The molecule has 0 saturated carbocycles. The molecular formula is C30H45N3O3. The van der Waals surface area contributed by atoms with Gasteiger partial charge in [-0.15, -0.1) is 0 Å². The van der Waals surface area contributed by atoms with E-state index in [2.05, 4.69) is 21.6 Å². The molecule has 2 aromatic rings. The summed E-state index contributed by atoms with van der Waals surface area (Å²) in [5, 5.41) is 29.5. The first-order valence-corrected chi connectivity index (χ1v) is 14.0. The van der Waals surface area contributed by atoms with E-state index in [1.807, 2.05) is 18.2 Å². The Labute approximate surface area is 217 Å². The molecule has 1 saturated heterocycles. The molecule has 0 bridgehead atoms. The van der Waals surface area contributed by atoms with Gasteiger partial charge in [-0.05, 0) is 87.5 Å². The van der Waals surface area contributed by atoms with Gasteiger partial charge in [0.15, 0.2) is 11.5 Å². The molecule has 0 aromatic heterocycles. The van der Waals surface area contributed by atoms with Crippen LogP contribution in [0.3, 0.4) is 0 Å². The Morgan fingerprint density at radius 1 is 0.833 bits per heavy atom. The van der Waals surface area contributed by atoms with Crippen LogP contribution in [0.2, 0.25) is 0 Å². The van der Waals surface area contributed by atoms with Crippen LogP contribution in [0.25, 0.3) is 0 Å². The summed E-state index contributed by atoms with van der Waals surface area (Å²) in [4.78, 5) is 7.79. The Hall–Kier alpha value is -2.28. The van der Waals surface area contributed by atoms with Crippen molar-refractivity contribution in [2.45, 2.75) is 70.9 Å². The number of hydrogen-bond donors (Lipinski definition) is 3. The van der Waals surface area contributed by atoms with Crippen LogP contribution >= 0.6 is 0 Å². The molecule has 198 valence electrons. The molecule has 0 radical (unpaired) electrons. The number of hydrogen-bond acceptors (Lipinski definition) is 6. The number of phenolic OH excluding ortho intramolecular Hbond substituents is 3. The van der Waals surface area contributed by atoms with Crippen LogP contribution in [0.15, 0.2) is 36.4 Å². The average molecular weight is 496 g/mol. The lowest BCUT2D eigenvalue weighted by Gasteiger charge is -2.35. The van der Waals surface area contributed by atoms with Crippen LogP contribution in [0.1, 0.15) is 62.1 Å². The van der Waals surface area contributed by atoms with Crippen molar-refractivity contribution in [1.29, 1.82) is 0 Å². The Bertz CT molecular complexity index is 941. The molecule has 6 nitrogen and oxygen atoms in total. The number of unbranched alkanes of at least 4 members (excludes halogenated alkanes) is 3. The summed E-state index contributed by atoms with van der Waals surface area (Å²) >= 11 is 0. The lowest BCUT2D eigenvalue weighted by Crippen LogP contribution is -2.46. The summed E-state index contributed by atoms with van der Waals surface area (Å²) in [5.41, 5.74) is 3.42. The minimum atomic E-state index is 0.00794. The summed E-state index contributed by atoms with van der Waals surface area (Å²) in [6, 6.07) is 11.8. The second-order valence-electron chi connectivity index (χ2n) is 10.7. The van der Waals surface area contributed by atoms with Crippen molar-refractivity contribution in [2.24, 2.45) is 0 Å². The summed E-state index contributed by atoms with van der Waals surface area (Å²) in [7, 11) is 0. The van der Waals surface area contributed by atoms with Crippen molar-refractivity contribution in [2.75, 3.05) is 45.8 Å². The fourth-order valence-electron chi connectivity index (χ4n) is 5.91. The third kappa shape index (κ3) is 7.37. The van der Waals surface area contributed by atoms with Gasteiger partial charge in [-0.25, -0.2) is 0 Å². The van der Waals surface area contributed by atoms with Crippen molar-refractivity contribution >= 4 is 0 Å². The summed E-state index contributed by atoms with van der Waals surface area (Å²) < 4.78 is 0. The highest BCUT2D eigenvalue weighted by Crippen LogP contribution is 2.36. The van der Waals surface area contributed by atoms with Crippen LogP contribution in [0.5, 0.6) is 17.2 Å². The van der Waals surface area contributed by atoms with E-state index >= 15 is 0 Å². The quantitative estimate of drug-likeness (QED) is 0.292. The largest absolute Gasteiger partial charge is 0.508 e. The number of aromatic hydroxyl groups is 3. The Morgan fingerprint density at radius 3 is 2.31 bits per heavy atom. The van der Waals surface area contributed by atoms with Gasteiger partial charge in [0.05, 0.1) is 0 Å². The van der Waals surface area contributed by atoms with Gasteiger partial charge in [-0.2, -0.15) is 0 Å². The van der Waals surface area contributed by atoms with Gasteiger partial charge in [0, 0.05) is 44.3 Å². The van der Waals surface area contributed by atoms with E-state index < -0.39 is 0 Å². The van der Waals surface area contributed by atoms with Crippen molar-refractivity contribution in [3.63, 3.8) is 0 Å². The normalized spacial score (nSPS) is 19.0. The lowest BCUT2D eigenvalue weighted by atomic mass is 9.86. The smallest absolute Gasteiger partial charge is 0.160 e. The van der Waals surface area contributed by atoms with E-state index in [0.29, 0.717) is 11.8 Å². The minimum absolute atomic E-state index is 0.00794. The second-order valence-corrected chi connectivity index (χ2v) is 10.7. The Morgan fingerprint density at radius 2 is 1.56 bits per heavy atom. The van der Waals surface area contributed by atoms with E-state index in [-0.39, 0.29) is 11.5 Å². The van der Waals surface area contributed by atoms with E-state index in [1.165, 1.54) is 49.8 Å². The summed E-state index contributed by atoms with van der Waals surface area (Å²) in [6.07, 6.45) is 9.18. The van der Waals surface area contributed by atoms with Gasteiger partial charge in [-0.3, -0.25) is 4.90 Å². The van der Waals surface area contributed by atoms with Crippen LogP contribution in [-0.4, -0.2) is 81.9 Å². The maximum atomic E-state index is 10.2. The van der Waals surface area contributed by atoms with Crippen LogP contribution in [0, 0.1) is 0 Å². The van der Waals surface area contributed by atoms with Gasteiger partial charge in [-0.1, -0.05) is 38.0 Å². The predicted molar refractivity (Wildman–Crippen MR) is 146 cm³/mol. The Balaban J connectivity index is 1.10. The van der Waals surface area contributed by atoms with Crippen LogP contribution in [0.4, 0.5) is 0 Å². The number of benzene rings is 2. The molecule has 3 N–H and O–H groups in total. The summed E-state index contributed by atoms with van der Waals surface area (Å²) in [5.74, 6) is 0.435. The molecule has 1 heterocycles. The highest BCUT2D eigenvalue weighted by atomic mass is 16.3. The SMILES string of the molecule is CCCN(CCCCCCN1CCN(Cc2ccc(O)cc2)CC1)C1CCc2c(ccc(O)c2O)C1. The molecule has 1 fully saturated rings. The first-order chi connectivity index (χ1) is 17.5. The van der Waals surface area contributed by atoms with Crippen LogP contribution in [-0.2, 0) is 19.4 Å². The molecule has 1 atom stereocenters. The minimum Gasteiger partial charge on any atom is -0.508 e. The maximum Gasteiger partial charge on any atom is 0.160 e. The molecule has 0 amide bonds. The molecule has 1 aliphatic heterocycles. The second kappa shape index (κ2) is 13.3. The number of phenols is 3. The lowest BCUT2D eigenvalue weighted by molar-refractivity contribution is 0.125. The average Bonchev–Trinajstić information content (AvgIpc) is 2.89. The molecule has 1 unspecified atom stereocenters.